The monoisotopic (exact) mass is 279 g/mol. The van der Waals surface area contributed by atoms with Crippen molar-refractivity contribution < 1.29 is 27.4 Å². The van der Waals surface area contributed by atoms with Gasteiger partial charge in [0.25, 0.3) is 0 Å². The average Bonchev–Trinajstić information content (AvgIpc) is 2.30. The van der Waals surface area contributed by atoms with Crippen LogP contribution in [0.1, 0.15) is 23.0 Å². The minimum absolute atomic E-state index is 0.0247. The van der Waals surface area contributed by atoms with Crippen molar-refractivity contribution in [1.29, 1.82) is 0 Å². The molecule has 0 atom stereocenters. The van der Waals surface area contributed by atoms with E-state index >= 15 is 0 Å². The van der Waals surface area contributed by atoms with Gasteiger partial charge in [0.15, 0.2) is 5.75 Å². The summed E-state index contributed by atoms with van der Waals surface area (Å²) in [4.78, 5) is 15.4. The van der Waals surface area contributed by atoms with Crippen LogP contribution >= 0.6 is 0 Å². The lowest BCUT2D eigenvalue weighted by Crippen LogP contribution is -2.22. The van der Waals surface area contributed by atoms with Gasteiger partial charge in [-0.15, -0.1) is 13.2 Å². The fraction of sp³-hybridized carbons (Fsp3) is 0.400. The highest BCUT2D eigenvalue weighted by atomic mass is 19.4. The van der Waals surface area contributed by atoms with Crippen LogP contribution in [0.5, 0.6) is 5.75 Å². The molecule has 0 fully saturated rings. The predicted octanol–water partition coefficient (Wildman–Crippen LogP) is 1.20. The number of hydrogen-bond donors (Lipinski definition) is 2. The number of esters is 1. The molecule has 0 saturated heterocycles. The summed E-state index contributed by atoms with van der Waals surface area (Å²) in [6.45, 7) is 1.22. The molecule has 4 N–H and O–H groups in total. The van der Waals surface area contributed by atoms with E-state index in [1.807, 2.05) is 0 Å². The van der Waals surface area contributed by atoms with E-state index in [0.29, 0.717) is 0 Å². The number of alkyl halides is 3. The molecule has 0 aliphatic heterocycles. The summed E-state index contributed by atoms with van der Waals surface area (Å²) in [5.41, 5.74) is 9.63. The van der Waals surface area contributed by atoms with E-state index in [-0.39, 0.29) is 18.8 Å². The number of anilines is 1. The zero-order valence-corrected chi connectivity index (χ0v) is 9.95. The molecule has 6 nitrogen and oxygen atoms in total. The van der Waals surface area contributed by atoms with E-state index < -0.39 is 29.3 Å². The van der Waals surface area contributed by atoms with Crippen LogP contribution in [0.2, 0.25) is 0 Å². The lowest BCUT2D eigenvalue weighted by atomic mass is 10.1. The van der Waals surface area contributed by atoms with Crippen LogP contribution in [-0.4, -0.2) is 23.9 Å². The topological polar surface area (TPSA) is 100 Å². The van der Waals surface area contributed by atoms with Gasteiger partial charge in [-0.2, -0.15) is 0 Å². The van der Waals surface area contributed by atoms with Gasteiger partial charge in [-0.3, -0.25) is 4.98 Å². The Labute approximate surface area is 106 Å². The van der Waals surface area contributed by atoms with Crippen LogP contribution in [0.25, 0.3) is 0 Å². The van der Waals surface area contributed by atoms with E-state index in [2.05, 4.69) is 14.5 Å². The summed E-state index contributed by atoms with van der Waals surface area (Å²) in [5.74, 6) is -1.87. The number of pyridine rings is 1. The lowest BCUT2D eigenvalue weighted by molar-refractivity contribution is -0.274. The van der Waals surface area contributed by atoms with Crippen molar-refractivity contribution in [2.24, 2.45) is 5.73 Å². The molecule has 0 aromatic carbocycles. The van der Waals surface area contributed by atoms with Gasteiger partial charge in [0.05, 0.1) is 24.2 Å². The number of nitrogen functional groups attached to an aromatic ring is 1. The molecular weight excluding hydrogens is 267 g/mol. The van der Waals surface area contributed by atoms with Crippen LogP contribution in [0.3, 0.4) is 0 Å². The molecule has 0 aliphatic carbocycles. The molecule has 19 heavy (non-hydrogen) atoms. The third-order valence-corrected chi connectivity index (χ3v) is 2.03. The van der Waals surface area contributed by atoms with Crippen molar-refractivity contribution >= 4 is 11.7 Å². The summed E-state index contributed by atoms with van der Waals surface area (Å²) in [7, 11) is 0. The van der Waals surface area contributed by atoms with Gasteiger partial charge < -0.3 is 20.9 Å². The first-order valence-electron chi connectivity index (χ1n) is 5.20. The quantitative estimate of drug-likeness (QED) is 0.803. The Kier molecular flexibility index (Phi) is 4.54. The van der Waals surface area contributed by atoms with Crippen LogP contribution in [0.4, 0.5) is 18.9 Å². The summed E-state index contributed by atoms with van der Waals surface area (Å²) < 4.78 is 45.3. The van der Waals surface area contributed by atoms with Gasteiger partial charge in [-0.25, -0.2) is 4.79 Å². The molecule has 0 saturated carbocycles. The van der Waals surface area contributed by atoms with Gasteiger partial charge >= 0.3 is 12.3 Å². The highest BCUT2D eigenvalue weighted by Crippen LogP contribution is 2.33. The van der Waals surface area contributed by atoms with Gasteiger partial charge in [-0.05, 0) is 6.92 Å². The molecular formula is C10H12F3N3O3. The predicted molar refractivity (Wildman–Crippen MR) is 59.2 cm³/mol. The van der Waals surface area contributed by atoms with Crippen molar-refractivity contribution in [3.63, 3.8) is 0 Å². The van der Waals surface area contributed by atoms with Crippen molar-refractivity contribution in [3.05, 3.63) is 17.5 Å². The van der Waals surface area contributed by atoms with Gasteiger partial charge in [-0.1, -0.05) is 0 Å². The number of nitrogens with two attached hydrogens (primary N) is 2. The van der Waals surface area contributed by atoms with E-state index in [4.69, 9.17) is 11.5 Å². The Balaban J connectivity index is 3.36. The number of carbonyl (C=O) groups is 1. The average molecular weight is 279 g/mol. The summed E-state index contributed by atoms with van der Waals surface area (Å²) in [6, 6.07) is 0. The summed E-state index contributed by atoms with van der Waals surface area (Å²) in [6.07, 6.45) is -4.06. The second kappa shape index (κ2) is 5.74. The molecule has 0 amide bonds. The second-order valence-corrected chi connectivity index (χ2v) is 3.34. The van der Waals surface area contributed by atoms with Crippen molar-refractivity contribution in [2.75, 3.05) is 12.3 Å². The van der Waals surface area contributed by atoms with E-state index in [0.717, 1.165) is 6.20 Å². The van der Waals surface area contributed by atoms with E-state index in [1.54, 1.807) is 0 Å². The molecule has 1 rings (SSSR count). The largest absolute Gasteiger partial charge is 0.573 e. The molecule has 1 heterocycles. The highest BCUT2D eigenvalue weighted by molar-refractivity contribution is 5.95. The second-order valence-electron chi connectivity index (χ2n) is 3.34. The molecule has 0 aliphatic rings. The first-order valence-corrected chi connectivity index (χ1v) is 5.20. The summed E-state index contributed by atoms with van der Waals surface area (Å²) >= 11 is 0. The number of aromatic nitrogens is 1. The van der Waals surface area contributed by atoms with Gasteiger partial charge in [0.2, 0.25) is 0 Å². The number of halogens is 3. The van der Waals surface area contributed by atoms with Crippen LogP contribution in [-0.2, 0) is 11.3 Å². The SMILES string of the molecule is CCOC(=O)c1c(CN)ncc(N)c1OC(F)(F)F. The van der Waals surface area contributed by atoms with Crippen LogP contribution in [0, 0.1) is 0 Å². The molecule has 1 aromatic heterocycles. The Morgan fingerprint density at radius 2 is 2.11 bits per heavy atom. The standard InChI is InChI=1S/C10H12F3N3O3/c1-2-18-9(17)7-6(3-14)16-4-5(15)8(7)19-10(11,12)13/h4H,2-3,14-15H2,1H3. The molecule has 9 heteroatoms. The Bertz CT molecular complexity index is 477. The fourth-order valence-electron chi connectivity index (χ4n) is 1.34. The number of carbonyl (C=O) groups excluding carboxylic acids is 1. The van der Waals surface area contributed by atoms with Crippen LogP contribution in [0.15, 0.2) is 6.20 Å². The Morgan fingerprint density at radius 3 is 2.58 bits per heavy atom. The highest BCUT2D eigenvalue weighted by Gasteiger charge is 2.35. The number of rotatable bonds is 4. The van der Waals surface area contributed by atoms with Crippen molar-refractivity contribution in [3.8, 4) is 5.75 Å². The zero-order chi connectivity index (χ0) is 14.6. The first kappa shape index (κ1) is 15.0. The maximum absolute atomic E-state index is 12.3. The third kappa shape index (κ3) is 3.71. The Hall–Kier alpha value is -2.03. The summed E-state index contributed by atoms with van der Waals surface area (Å²) in [5, 5.41) is 0. The molecule has 0 spiro atoms. The minimum Gasteiger partial charge on any atom is -0.462 e. The Morgan fingerprint density at radius 1 is 1.47 bits per heavy atom. The van der Waals surface area contributed by atoms with E-state index in [1.165, 1.54) is 6.92 Å². The normalized spacial score (nSPS) is 11.2. The lowest BCUT2D eigenvalue weighted by Gasteiger charge is -2.16. The van der Waals surface area contributed by atoms with Crippen molar-refractivity contribution in [2.45, 2.75) is 19.8 Å². The fourth-order valence-corrected chi connectivity index (χ4v) is 1.34. The smallest absolute Gasteiger partial charge is 0.462 e. The first-order chi connectivity index (χ1) is 8.80. The molecule has 106 valence electrons. The maximum Gasteiger partial charge on any atom is 0.573 e. The van der Waals surface area contributed by atoms with Gasteiger partial charge in [0.1, 0.15) is 5.56 Å². The van der Waals surface area contributed by atoms with Crippen LogP contribution < -0.4 is 16.2 Å². The number of hydrogen-bond acceptors (Lipinski definition) is 6. The van der Waals surface area contributed by atoms with E-state index in [9.17, 15) is 18.0 Å². The molecule has 0 unspecified atom stereocenters. The zero-order valence-electron chi connectivity index (χ0n) is 9.95. The maximum atomic E-state index is 12.3. The minimum atomic E-state index is -5.00. The molecule has 0 bridgehead atoms. The number of ether oxygens (including phenoxy) is 2. The van der Waals surface area contributed by atoms with Crippen molar-refractivity contribution in [1.82, 2.24) is 4.98 Å². The molecule has 0 radical (unpaired) electrons. The third-order valence-electron chi connectivity index (χ3n) is 2.03. The van der Waals surface area contributed by atoms with Gasteiger partial charge in [0, 0.05) is 6.54 Å². The molecule has 1 aromatic rings. The number of nitrogens with zero attached hydrogens (tertiary/aromatic N) is 1.